The van der Waals surface area contributed by atoms with Gasteiger partial charge in [-0.25, -0.2) is 4.21 Å². The lowest BCUT2D eigenvalue weighted by Crippen LogP contribution is -2.24. The Bertz CT molecular complexity index is 883. The molecule has 1 aliphatic rings. The molecule has 2 aromatic rings. The largest absolute Gasteiger partial charge is 0.494 e. The third-order valence-electron chi connectivity index (χ3n) is 4.47. The monoisotopic (exact) mass is 343 g/mol. The van der Waals surface area contributed by atoms with Gasteiger partial charge >= 0.3 is 0 Å². The number of nitrogens with zero attached hydrogens (tertiary/aromatic N) is 1. The van der Waals surface area contributed by atoms with Gasteiger partial charge in [-0.15, -0.1) is 0 Å². The van der Waals surface area contributed by atoms with Crippen LogP contribution in [0, 0.1) is 12.8 Å². The molecule has 4 nitrogen and oxygen atoms in total. The number of aryl methyl sites for hydroxylation is 1. The van der Waals surface area contributed by atoms with E-state index in [1.807, 2.05) is 56.3 Å². The minimum absolute atomic E-state index is 0.142. The molecule has 0 radical (unpaired) electrons. The maximum atomic E-state index is 13.6. The molecule has 2 aromatic carbocycles. The van der Waals surface area contributed by atoms with Crippen molar-refractivity contribution in [3.63, 3.8) is 0 Å². The fourth-order valence-electron chi connectivity index (χ4n) is 3.14. The highest BCUT2D eigenvalue weighted by molar-refractivity contribution is 7.93. The molecule has 0 saturated heterocycles. The number of rotatable bonds is 4. The van der Waals surface area contributed by atoms with E-state index in [4.69, 9.17) is 4.74 Å². The van der Waals surface area contributed by atoms with Crippen molar-refractivity contribution in [2.75, 3.05) is 12.9 Å². The molecule has 0 spiro atoms. The molecule has 0 N–H and O–H groups in total. The van der Waals surface area contributed by atoms with E-state index in [2.05, 4.69) is 4.36 Å². The summed E-state index contributed by atoms with van der Waals surface area (Å²) in [5.41, 5.74) is 2.60. The molecule has 1 aliphatic heterocycles. The van der Waals surface area contributed by atoms with Crippen molar-refractivity contribution in [1.82, 2.24) is 0 Å². The van der Waals surface area contributed by atoms with Crippen LogP contribution in [0.4, 0.5) is 5.69 Å². The number of hydrogen-bond donors (Lipinski definition) is 0. The Labute approximate surface area is 143 Å². The first kappa shape index (κ1) is 16.7. The molecular formula is C19H21NO3S. The second-order valence-electron chi connectivity index (χ2n) is 6.22. The smallest absolute Gasteiger partial charge is 0.145 e. The third-order valence-corrected chi connectivity index (χ3v) is 6.77. The lowest BCUT2D eigenvalue weighted by Gasteiger charge is -2.29. The molecule has 0 amide bonds. The fourth-order valence-corrected chi connectivity index (χ4v) is 5.55. The van der Waals surface area contributed by atoms with Crippen LogP contribution in [0.2, 0.25) is 0 Å². The van der Waals surface area contributed by atoms with Crippen molar-refractivity contribution in [3.8, 4) is 5.75 Å². The zero-order valence-corrected chi connectivity index (χ0v) is 14.9. The van der Waals surface area contributed by atoms with Crippen molar-refractivity contribution < 1.29 is 13.7 Å². The minimum atomic E-state index is -2.65. The van der Waals surface area contributed by atoms with E-state index in [9.17, 15) is 9.00 Å². The SMILES string of the molecule is COc1cc(C)cc2c1N=[S@](=O)(c1ccccc1)C[C@@H]2[C@@H](C)C=O. The van der Waals surface area contributed by atoms with Gasteiger partial charge in [0.2, 0.25) is 0 Å². The molecular weight excluding hydrogens is 322 g/mol. The van der Waals surface area contributed by atoms with Crippen molar-refractivity contribution in [3.05, 3.63) is 53.6 Å². The van der Waals surface area contributed by atoms with Gasteiger partial charge in [0, 0.05) is 22.5 Å². The van der Waals surface area contributed by atoms with Gasteiger partial charge in [-0.3, -0.25) is 0 Å². The first-order valence-electron chi connectivity index (χ1n) is 7.92. The van der Waals surface area contributed by atoms with E-state index in [1.54, 1.807) is 7.11 Å². The molecule has 0 bridgehead atoms. The molecule has 1 heterocycles. The first-order chi connectivity index (χ1) is 11.5. The van der Waals surface area contributed by atoms with Crippen LogP contribution in [0.25, 0.3) is 0 Å². The maximum absolute atomic E-state index is 13.6. The van der Waals surface area contributed by atoms with Crippen LogP contribution in [0.15, 0.2) is 51.7 Å². The summed E-state index contributed by atoms with van der Waals surface area (Å²) in [4.78, 5) is 12.1. The van der Waals surface area contributed by atoms with E-state index in [0.717, 1.165) is 17.4 Å². The predicted octanol–water partition coefficient (Wildman–Crippen LogP) is 4.09. The third kappa shape index (κ3) is 2.84. The summed E-state index contributed by atoms with van der Waals surface area (Å²) in [6.45, 7) is 3.85. The number of aldehydes is 1. The Kier molecular flexibility index (Phi) is 4.45. The average molecular weight is 343 g/mol. The van der Waals surface area contributed by atoms with Crippen LogP contribution < -0.4 is 4.74 Å². The van der Waals surface area contributed by atoms with E-state index >= 15 is 0 Å². The number of carbonyl (C=O) groups is 1. The zero-order valence-electron chi connectivity index (χ0n) is 14.1. The molecule has 0 unspecified atom stereocenters. The molecule has 5 heteroatoms. The predicted molar refractivity (Wildman–Crippen MR) is 95.5 cm³/mol. The molecule has 24 heavy (non-hydrogen) atoms. The lowest BCUT2D eigenvalue weighted by atomic mass is 9.87. The molecule has 0 saturated carbocycles. The number of hydrogen-bond acceptors (Lipinski definition) is 4. The second kappa shape index (κ2) is 6.40. The molecule has 0 fully saturated rings. The summed E-state index contributed by atoms with van der Waals surface area (Å²) < 4.78 is 23.7. The van der Waals surface area contributed by atoms with Gasteiger partial charge in [-0.1, -0.05) is 31.2 Å². The van der Waals surface area contributed by atoms with Crippen LogP contribution in [-0.4, -0.2) is 23.4 Å². The van der Waals surface area contributed by atoms with E-state index < -0.39 is 9.73 Å². The van der Waals surface area contributed by atoms with Gasteiger partial charge in [0.15, 0.2) is 0 Å². The Morgan fingerprint density at radius 2 is 2.00 bits per heavy atom. The number of ether oxygens (including phenoxy) is 1. The highest BCUT2D eigenvalue weighted by Crippen LogP contribution is 2.45. The number of methoxy groups -OCH3 is 1. The summed E-state index contributed by atoms with van der Waals surface area (Å²) in [5, 5.41) is 0. The molecule has 0 aliphatic carbocycles. The Balaban J connectivity index is 2.30. The Morgan fingerprint density at radius 1 is 1.29 bits per heavy atom. The molecule has 3 atom stereocenters. The lowest BCUT2D eigenvalue weighted by molar-refractivity contribution is -0.111. The van der Waals surface area contributed by atoms with Gasteiger partial charge in [0.1, 0.15) is 17.7 Å². The summed E-state index contributed by atoms with van der Waals surface area (Å²) in [6.07, 6.45) is 0.930. The minimum Gasteiger partial charge on any atom is -0.494 e. The van der Waals surface area contributed by atoms with Crippen LogP contribution in [0.3, 0.4) is 0 Å². The summed E-state index contributed by atoms with van der Waals surface area (Å²) >= 11 is 0. The van der Waals surface area contributed by atoms with Gasteiger partial charge < -0.3 is 9.53 Å². The van der Waals surface area contributed by atoms with Crippen LogP contribution in [-0.2, 0) is 14.5 Å². The van der Waals surface area contributed by atoms with E-state index in [-0.39, 0.29) is 11.8 Å². The van der Waals surface area contributed by atoms with Crippen LogP contribution >= 0.6 is 0 Å². The molecule has 126 valence electrons. The van der Waals surface area contributed by atoms with Crippen molar-refractivity contribution >= 4 is 21.7 Å². The quantitative estimate of drug-likeness (QED) is 0.786. The van der Waals surface area contributed by atoms with Crippen LogP contribution in [0.5, 0.6) is 5.75 Å². The van der Waals surface area contributed by atoms with Crippen molar-refractivity contribution in [1.29, 1.82) is 0 Å². The highest BCUT2D eigenvalue weighted by atomic mass is 32.2. The first-order valence-corrected chi connectivity index (χ1v) is 9.60. The summed E-state index contributed by atoms with van der Waals surface area (Å²) in [6, 6.07) is 13.2. The van der Waals surface area contributed by atoms with Crippen LogP contribution in [0.1, 0.15) is 24.0 Å². The summed E-state index contributed by atoms with van der Waals surface area (Å²) in [5.74, 6) is 0.569. The van der Waals surface area contributed by atoms with Gasteiger partial charge in [0.05, 0.1) is 16.8 Å². The van der Waals surface area contributed by atoms with Gasteiger partial charge in [-0.2, -0.15) is 4.36 Å². The second-order valence-corrected chi connectivity index (χ2v) is 8.49. The number of benzene rings is 2. The highest BCUT2D eigenvalue weighted by Gasteiger charge is 2.33. The normalized spacial score (nSPS) is 23.7. The zero-order chi connectivity index (χ0) is 17.3. The Morgan fingerprint density at radius 3 is 2.62 bits per heavy atom. The topological polar surface area (TPSA) is 55.7 Å². The Hall–Kier alpha value is -2.14. The van der Waals surface area contributed by atoms with Crippen molar-refractivity contribution in [2.45, 2.75) is 24.7 Å². The number of carbonyl (C=O) groups excluding carboxylic acids is 1. The average Bonchev–Trinajstić information content (AvgIpc) is 2.61. The molecule has 0 aromatic heterocycles. The summed E-state index contributed by atoms with van der Waals surface area (Å²) in [7, 11) is -1.06. The standard InChI is InChI=1S/C19H21NO3S/c1-13-9-16-17(14(2)11-21)12-24(22,15-7-5-4-6-8-15)20-19(16)18(10-13)23-3/h4-11,14,17H,12H2,1-3H3/t14-,17+,24+/m0/s1. The van der Waals surface area contributed by atoms with Gasteiger partial charge in [-0.05, 0) is 36.2 Å². The van der Waals surface area contributed by atoms with Crippen molar-refractivity contribution in [2.24, 2.45) is 10.3 Å². The number of fused-ring (bicyclic) bond motifs is 1. The van der Waals surface area contributed by atoms with Gasteiger partial charge in [0.25, 0.3) is 0 Å². The maximum Gasteiger partial charge on any atom is 0.145 e. The fraction of sp³-hybridized carbons (Fsp3) is 0.316. The van der Waals surface area contributed by atoms with E-state index in [1.165, 1.54) is 0 Å². The van der Waals surface area contributed by atoms with E-state index in [0.29, 0.717) is 22.1 Å². The molecule has 3 rings (SSSR count).